The van der Waals surface area contributed by atoms with Crippen LogP contribution in [0.5, 0.6) is 0 Å². The molecule has 1 atom stereocenters. The van der Waals surface area contributed by atoms with Gasteiger partial charge in [-0.15, -0.1) is 0 Å². The van der Waals surface area contributed by atoms with E-state index in [1.807, 2.05) is 0 Å². The van der Waals surface area contributed by atoms with Crippen molar-refractivity contribution in [2.24, 2.45) is 5.73 Å². The Morgan fingerprint density at radius 2 is 2.16 bits per heavy atom. The van der Waals surface area contributed by atoms with Crippen LogP contribution in [-0.2, 0) is 11.2 Å². The number of rotatable bonds is 4. The average Bonchev–Trinajstić information content (AvgIpc) is 2.78. The summed E-state index contributed by atoms with van der Waals surface area (Å²) < 4.78 is 0. The highest BCUT2D eigenvalue weighted by molar-refractivity contribution is 5.85. The van der Waals surface area contributed by atoms with E-state index in [1.54, 1.807) is 13.8 Å². The van der Waals surface area contributed by atoms with Crippen LogP contribution in [0.2, 0.25) is 0 Å². The van der Waals surface area contributed by atoms with Gasteiger partial charge >= 0.3 is 0 Å². The van der Waals surface area contributed by atoms with Gasteiger partial charge in [-0.2, -0.15) is 0 Å². The summed E-state index contributed by atoms with van der Waals surface area (Å²) in [6.07, 6.45) is 1.08. The van der Waals surface area contributed by atoms with Crippen LogP contribution in [0.4, 0.5) is 5.69 Å². The van der Waals surface area contributed by atoms with Gasteiger partial charge in [0.05, 0.1) is 5.54 Å². The first kappa shape index (κ1) is 13.9. The fourth-order valence-corrected chi connectivity index (χ4v) is 2.40. The van der Waals surface area contributed by atoms with Crippen molar-refractivity contribution in [3.8, 4) is 0 Å². The molecule has 104 valence electrons. The van der Waals surface area contributed by atoms with Crippen molar-refractivity contribution in [2.45, 2.75) is 38.8 Å². The summed E-state index contributed by atoms with van der Waals surface area (Å²) in [5.74, 6) is -0.105. The Balaban J connectivity index is 1.95. The average molecular weight is 261 g/mol. The number of nitrogens with one attached hydrogen (secondary N) is 1. The molecule has 0 fully saturated rings. The number of anilines is 1. The van der Waals surface area contributed by atoms with Gasteiger partial charge in [-0.3, -0.25) is 4.79 Å². The standard InChI is InChI=1S/C15H23N3O/c1-11(10-17-14(19)15(2,3)16)18-9-8-12-6-4-5-7-13(12)18/h4-7,11H,8-10,16H2,1-3H3,(H,17,19). The Morgan fingerprint density at radius 3 is 2.84 bits per heavy atom. The zero-order chi connectivity index (χ0) is 14.0. The van der Waals surface area contributed by atoms with Crippen molar-refractivity contribution in [2.75, 3.05) is 18.0 Å². The highest BCUT2D eigenvalue weighted by atomic mass is 16.2. The fraction of sp³-hybridized carbons (Fsp3) is 0.533. The van der Waals surface area contributed by atoms with Crippen LogP contribution >= 0.6 is 0 Å². The molecule has 1 heterocycles. The summed E-state index contributed by atoms with van der Waals surface area (Å²) in [6.45, 7) is 7.21. The predicted molar refractivity (Wildman–Crippen MR) is 78.2 cm³/mol. The summed E-state index contributed by atoms with van der Waals surface area (Å²) >= 11 is 0. The zero-order valence-corrected chi connectivity index (χ0v) is 11.9. The molecule has 3 N–H and O–H groups in total. The van der Waals surface area contributed by atoms with Crippen molar-refractivity contribution >= 4 is 11.6 Å². The Kier molecular flexibility index (Phi) is 3.80. The molecule has 19 heavy (non-hydrogen) atoms. The SMILES string of the molecule is CC(CNC(=O)C(C)(C)N)N1CCc2ccccc21. The summed E-state index contributed by atoms with van der Waals surface area (Å²) in [7, 11) is 0. The summed E-state index contributed by atoms with van der Waals surface area (Å²) in [6, 6.07) is 8.73. The lowest BCUT2D eigenvalue weighted by Crippen LogP contribution is -2.52. The van der Waals surface area contributed by atoms with Crippen LogP contribution in [0, 0.1) is 0 Å². The van der Waals surface area contributed by atoms with Gasteiger partial charge in [0.15, 0.2) is 0 Å². The Bertz CT molecular complexity index is 465. The second kappa shape index (κ2) is 5.21. The third-order valence-corrected chi connectivity index (χ3v) is 3.60. The molecule has 0 saturated heterocycles. The maximum atomic E-state index is 11.8. The number of nitrogens with two attached hydrogens (primary N) is 1. The highest BCUT2D eigenvalue weighted by Gasteiger charge is 2.25. The van der Waals surface area contributed by atoms with Crippen molar-refractivity contribution in [3.05, 3.63) is 29.8 Å². The number of nitrogens with zero attached hydrogens (tertiary/aromatic N) is 1. The smallest absolute Gasteiger partial charge is 0.239 e. The first-order valence-electron chi connectivity index (χ1n) is 6.81. The first-order valence-corrected chi connectivity index (χ1v) is 6.81. The molecule has 0 saturated carbocycles. The van der Waals surface area contributed by atoms with E-state index in [0.29, 0.717) is 6.54 Å². The normalized spacial score (nSPS) is 16.1. The Labute approximate surface area is 115 Å². The Hall–Kier alpha value is -1.55. The quantitative estimate of drug-likeness (QED) is 0.858. The first-order chi connectivity index (χ1) is 8.89. The molecule has 1 aromatic carbocycles. The van der Waals surface area contributed by atoms with E-state index >= 15 is 0 Å². The fourth-order valence-electron chi connectivity index (χ4n) is 2.40. The number of para-hydroxylation sites is 1. The number of benzene rings is 1. The summed E-state index contributed by atoms with van der Waals surface area (Å²) in [5.41, 5.74) is 7.63. The van der Waals surface area contributed by atoms with Gasteiger partial charge < -0.3 is 16.0 Å². The van der Waals surface area contributed by atoms with E-state index in [-0.39, 0.29) is 11.9 Å². The number of hydrogen-bond acceptors (Lipinski definition) is 3. The zero-order valence-electron chi connectivity index (χ0n) is 11.9. The predicted octanol–water partition coefficient (Wildman–Crippen LogP) is 1.29. The second-order valence-electron chi connectivity index (χ2n) is 5.85. The lowest BCUT2D eigenvalue weighted by atomic mass is 10.1. The van der Waals surface area contributed by atoms with Crippen molar-refractivity contribution in [1.29, 1.82) is 0 Å². The van der Waals surface area contributed by atoms with Gasteiger partial charge in [-0.1, -0.05) is 18.2 Å². The van der Waals surface area contributed by atoms with E-state index in [4.69, 9.17) is 5.73 Å². The van der Waals surface area contributed by atoms with Crippen LogP contribution in [-0.4, -0.2) is 30.6 Å². The van der Waals surface area contributed by atoms with Gasteiger partial charge in [-0.25, -0.2) is 0 Å². The van der Waals surface area contributed by atoms with Crippen LogP contribution in [0.25, 0.3) is 0 Å². The van der Waals surface area contributed by atoms with E-state index in [2.05, 4.69) is 41.4 Å². The number of carbonyl (C=O) groups is 1. The molecule has 2 rings (SSSR count). The molecule has 1 unspecified atom stereocenters. The molecular formula is C15H23N3O. The van der Waals surface area contributed by atoms with E-state index in [9.17, 15) is 4.79 Å². The monoisotopic (exact) mass is 261 g/mol. The number of hydrogen-bond donors (Lipinski definition) is 2. The van der Waals surface area contributed by atoms with Crippen molar-refractivity contribution in [1.82, 2.24) is 5.32 Å². The molecular weight excluding hydrogens is 238 g/mol. The van der Waals surface area contributed by atoms with Crippen LogP contribution < -0.4 is 16.0 Å². The molecule has 4 heteroatoms. The minimum atomic E-state index is -0.817. The third-order valence-electron chi connectivity index (χ3n) is 3.60. The van der Waals surface area contributed by atoms with Gasteiger partial charge in [0.25, 0.3) is 0 Å². The summed E-state index contributed by atoms with van der Waals surface area (Å²) in [4.78, 5) is 14.1. The van der Waals surface area contributed by atoms with E-state index < -0.39 is 5.54 Å². The number of fused-ring (bicyclic) bond motifs is 1. The minimum Gasteiger partial charge on any atom is -0.366 e. The van der Waals surface area contributed by atoms with Crippen LogP contribution in [0.1, 0.15) is 26.3 Å². The third kappa shape index (κ3) is 3.07. The minimum absolute atomic E-state index is 0.105. The molecule has 0 bridgehead atoms. The Morgan fingerprint density at radius 1 is 1.47 bits per heavy atom. The molecule has 1 aliphatic heterocycles. The van der Waals surface area contributed by atoms with Crippen molar-refractivity contribution < 1.29 is 4.79 Å². The number of carbonyl (C=O) groups excluding carboxylic acids is 1. The lowest BCUT2D eigenvalue weighted by Gasteiger charge is -2.28. The maximum absolute atomic E-state index is 11.8. The van der Waals surface area contributed by atoms with Crippen LogP contribution in [0.3, 0.4) is 0 Å². The molecule has 1 aromatic rings. The van der Waals surface area contributed by atoms with Gasteiger partial charge in [0.1, 0.15) is 0 Å². The molecule has 0 aliphatic carbocycles. The van der Waals surface area contributed by atoms with Gasteiger partial charge in [0, 0.05) is 24.8 Å². The van der Waals surface area contributed by atoms with Crippen LogP contribution in [0.15, 0.2) is 24.3 Å². The summed E-state index contributed by atoms with van der Waals surface area (Å²) in [5, 5.41) is 2.92. The molecule has 0 spiro atoms. The topological polar surface area (TPSA) is 58.4 Å². The van der Waals surface area contributed by atoms with Gasteiger partial charge in [0.2, 0.25) is 5.91 Å². The van der Waals surface area contributed by atoms with Crippen molar-refractivity contribution in [3.63, 3.8) is 0 Å². The van der Waals surface area contributed by atoms with Gasteiger partial charge in [-0.05, 0) is 38.8 Å². The van der Waals surface area contributed by atoms with E-state index in [1.165, 1.54) is 11.3 Å². The van der Waals surface area contributed by atoms with E-state index in [0.717, 1.165) is 13.0 Å². The molecule has 0 aromatic heterocycles. The highest BCUT2D eigenvalue weighted by Crippen LogP contribution is 2.28. The molecule has 4 nitrogen and oxygen atoms in total. The molecule has 1 aliphatic rings. The number of amides is 1. The molecule has 1 amide bonds. The largest absolute Gasteiger partial charge is 0.366 e. The second-order valence-corrected chi connectivity index (χ2v) is 5.85. The molecule has 0 radical (unpaired) electrons. The lowest BCUT2D eigenvalue weighted by molar-refractivity contribution is -0.125. The maximum Gasteiger partial charge on any atom is 0.239 e.